The zero-order valence-corrected chi connectivity index (χ0v) is 59.6. The molecule has 24 N–H and O–H groups in total. The van der Waals surface area contributed by atoms with E-state index in [1.54, 1.807) is 18.3 Å². The molecule has 0 fully saturated rings. The maximum atomic E-state index is 14.0. The second-order valence-corrected chi connectivity index (χ2v) is 25.7. The third-order valence-corrected chi connectivity index (χ3v) is 16.3. The van der Waals surface area contributed by atoms with E-state index in [-0.39, 0.29) is 100 Å². The van der Waals surface area contributed by atoms with E-state index in [1.807, 2.05) is 45.0 Å². The fourth-order valence-corrected chi connectivity index (χ4v) is 10.5. The van der Waals surface area contributed by atoms with Crippen LogP contribution in [0.1, 0.15) is 161 Å². The third kappa shape index (κ3) is 35.4. The number of hydrogen-bond acceptors (Lipinski definition) is 17. The Balaban J connectivity index is 1.33. The van der Waals surface area contributed by atoms with Gasteiger partial charge >= 0.3 is 0 Å². The predicted octanol–water partition coefficient (Wildman–Crippen LogP) is -1.58. The molecule has 2 aromatic carbocycles. The minimum atomic E-state index is -1.23. The van der Waals surface area contributed by atoms with E-state index >= 15 is 0 Å². The number of nitrogens with two attached hydrogens (primary N) is 5. The van der Waals surface area contributed by atoms with Crippen molar-refractivity contribution in [1.29, 1.82) is 0 Å². The number of aliphatic imine (C=N–C) groups is 1. The molecule has 1 aromatic heterocycles. The average Bonchev–Trinajstić information content (AvgIpc) is 1.66. The molecule has 0 bridgehead atoms. The summed E-state index contributed by atoms with van der Waals surface area (Å²) in [6, 6.07) is 5.17. The summed E-state index contributed by atoms with van der Waals surface area (Å²) in [6.45, 7) is 8.64. The number of phenolic OH excluding ortho intramolecular Hbond substituents is 1. The number of benzene rings is 2. The van der Waals surface area contributed by atoms with Gasteiger partial charge in [0.05, 0.1) is 19.1 Å². The van der Waals surface area contributed by atoms with Gasteiger partial charge in [0.1, 0.15) is 48.0 Å². The first-order chi connectivity index (χ1) is 48.6. The number of carbonyl (C=O) groups is 13. The minimum absolute atomic E-state index is 0.0218. The smallest absolute Gasteiger partial charge is 0.243 e. The summed E-state index contributed by atoms with van der Waals surface area (Å²) in [7, 11) is 0. The number of primary amides is 1. The van der Waals surface area contributed by atoms with E-state index in [1.165, 1.54) is 26.0 Å². The molecule has 0 aliphatic carbocycles. The first kappa shape index (κ1) is 86.3. The molecule has 102 heavy (non-hydrogen) atoms. The molecule has 0 saturated heterocycles. The van der Waals surface area contributed by atoms with E-state index in [0.29, 0.717) is 95.8 Å². The van der Waals surface area contributed by atoms with Crippen molar-refractivity contribution in [2.75, 3.05) is 45.8 Å². The Hall–Kier alpha value is -9.92. The number of H-pyrrole nitrogens is 1. The second kappa shape index (κ2) is 48.0. The Labute approximate surface area is 596 Å². The standard InChI is InChI=1S/C69H111N19O14/c1-6-7-20-52(67(101)87-54(61(72)95)36-42(2)3)84-60(94)41-81-62(96)43(4)82-63(97)44(5)83-66(100)53(23-18-35-78-69(73)74)85-59(93)40-80-58(92)26-12-16-33-76-56(90)24-11-15-32-75-57(91)25-13-17-34-77-65(99)51(22-10-14-31-70)86-68(102)55(37-45-27-29-47(89)30-28-45)88-64(98)49(71)38-46-39-79-50-21-9-8-19-48(46)50/h8-9,19,21,27-30,39,42-44,49,51-55,79,89H,6-7,10-18,20,22-26,31-38,40-41,70-71H2,1-5H3,(H2,72,95)(H,75,91)(H,76,90)(H,77,99)(H,80,92)(H,81,96)(H,82,97)(H,83,100)(H,84,94)(H,85,93)(H,86,102)(H,87,101)(H,88,98)(H4,73,74,78)/t43-,44-,49-,51-,52-,53-,54-,55-/m0/s1. The number of unbranched alkanes of at least 4 members (excludes halogenated alkanes) is 5. The van der Waals surface area contributed by atoms with Crippen molar-refractivity contribution in [1.82, 2.24) is 68.8 Å². The number of carbonyl (C=O) groups excluding carboxylic acids is 13. The van der Waals surface area contributed by atoms with Crippen LogP contribution >= 0.6 is 0 Å². The van der Waals surface area contributed by atoms with Gasteiger partial charge in [-0.1, -0.05) is 63.9 Å². The number of rotatable bonds is 51. The number of para-hydroxylation sites is 1. The summed E-state index contributed by atoms with van der Waals surface area (Å²) < 4.78 is 0. The van der Waals surface area contributed by atoms with Crippen LogP contribution in [-0.4, -0.2) is 187 Å². The monoisotopic (exact) mass is 1430 g/mol. The zero-order valence-electron chi connectivity index (χ0n) is 59.6. The van der Waals surface area contributed by atoms with Crippen molar-refractivity contribution in [3.05, 3.63) is 65.9 Å². The number of aromatic nitrogens is 1. The second-order valence-electron chi connectivity index (χ2n) is 25.7. The van der Waals surface area contributed by atoms with Crippen LogP contribution in [0.15, 0.2) is 59.7 Å². The van der Waals surface area contributed by atoms with Gasteiger partial charge in [0.2, 0.25) is 76.8 Å². The molecule has 0 saturated carbocycles. The summed E-state index contributed by atoms with van der Waals surface area (Å²) in [6.07, 6.45) is 8.79. The van der Waals surface area contributed by atoms with Crippen LogP contribution in [0.4, 0.5) is 0 Å². The number of fused-ring (bicyclic) bond motifs is 1. The fourth-order valence-electron chi connectivity index (χ4n) is 10.5. The summed E-state index contributed by atoms with van der Waals surface area (Å²) in [5.41, 5.74) is 30.9. The first-order valence-electron chi connectivity index (χ1n) is 35.2. The Morgan fingerprint density at radius 3 is 1.56 bits per heavy atom. The Kier molecular flexibility index (Phi) is 40.6. The predicted molar refractivity (Wildman–Crippen MR) is 384 cm³/mol. The number of nitrogens with one attached hydrogen (secondary N) is 13. The largest absolute Gasteiger partial charge is 0.508 e. The highest BCUT2D eigenvalue weighted by atomic mass is 16.3. The molecule has 0 aliphatic heterocycles. The lowest BCUT2D eigenvalue weighted by atomic mass is 10.0. The highest BCUT2D eigenvalue weighted by molar-refractivity contribution is 5.97. The van der Waals surface area contributed by atoms with E-state index < -0.39 is 126 Å². The van der Waals surface area contributed by atoms with Crippen LogP contribution in [-0.2, 0) is 75.2 Å². The first-order valence-corrected chi connectivity index (χ1v) is 35.2. The molecule has 8 atom stereocenters. The van der Waals surface area contributed by atoms with E-state index in [4.69, 9.17) is 28.7 Å². The van der Waals surface area contributed by atoms with Gasteiger partial charge in [-0.05, 0) is 146 Å². The average molecular weight is 1430 g/mol. The highest BCUT2D eigenvalue weighted by Crippen LogP contribution is 2.20. The van der Waals surface area contributed by atoms with Crippen molar-refractivity contribution in [2.24, 2.45) is 39.6 Å². The van der Waals surface area contributed by atoms with Gasteiger partial charge in [-0.2, -0.15) is 0 Å². The third-order valence-electron chi connectivity index (χ3n) is 16.3. The van der Waals surface area contributed by atoms with E-state index in [9.17, 15) is 67.4 Å². The van der Waals surface area contributed by atoms with Crippen LogP contribution in [0, 0.1) is 5.92 Å². The normalized spacial score (nSPS) is 13.4. The van der Waals surface area contributed by atoms with Crippen LogP contribution in [0.5, 0.6) is 5.75 Å². The number of nitrogens with zero attached hydrogens (tertiary/aromatic N) is 1. The fraction of sp³-hybridized carbons (Fsp3) is 0.594. The van der Waals surface area contributed by atoms with Crippen LogP contribution in [0.2, 0.25) is 0 Å². The van der Waals surface area contributed by atoms with Crippen molar-refractivity contribution in [2.45, 2.75) is 211 Å². The lowest BCUT2D eigenvalue weighted by Gasteiger charge is -2.24. The van der Waals surface area contributed by atoms with Crippen molar-refractivity contribution >= 4 is 93.7 Å². The maximum Gasteiger partial charge on any atom is 0.243 e. The zero-order chi connectivity index (χ0) is 75.5. The van der Waals surface area contributed by atoms with Crippen molar-refractivity contribution in [3.8, 4) is 5.75 Å². The quantitative estimate of drug-likeness (QED) is 0.0172. The van der Waals surface area contributed by atoms with Gasteiger partial charge in [0.15, 0.2) is 5.96 Å². The van der Waals surface area contributed by atoms with Crippen LogP contribution < -0.4 is 92.5 Å². The van der Waals surface area contributed by atoms with E-state index in [0.717, 1.165) is 16.5 Å². The Morgan fingerprint density at radius 1 is 0.480 bits per heavy atom. The molecule has 33 nitrogen and oxygen atoms in total. The van der Waals surface area contributed by atoms with Gasteiger partial charge in [-0.3, -0.25) is 67.3 Å². The molecule has 3 rings (SSSR count). The number of aromatic amines is 1. The number of phenols is 1. The number of hydrogen-bond donors (Lipinski definition) is 19. The SMILES string of the molecule is CCCC[C@H](NC(=O)CNC(=O)[C@H](C)NC(=O)[C@H](C)NC(=O)[C@H](CCCN=C(N)N)NC(=O)CNC(=O)CCCCNC(=O)CCCCNC(=O)CCCCNC(=O)[C@H](CCCCN)NC(=O)[C@H](Cc1ccc(O)cc1)NC(=O)[C@@H](N)Cc1c[nH]c2ccccc12)C(=O)N[C@@H](CC(C)C)C(N)=O. The van der Waals surface area contributed by atoms with Crippen LogP contribution in [0.3, 0.4) is 0 Å². The van der Waals surface area contributed by atoms with Gasteiger partial charge in [-0.15, -0.1) is 0 Å². The molecule has 0 aliphatic rings. The summed E-state index contributed by atoms with van der Waals surface area (Å²) in [5, 5.41) is 42.5. The number of aromatic hydroxyl groups is 1. The molecular weight excluding hydrogens is 1320 g/mol. The van der Waals surface area contributed by atoms with E-state index in [2.05, 4.69) is 73.8 Å². The molecule has 33 heteroatoms. The molecule has 3 aromatic rings. The number of guanidine groups is 1. The summed E-state index contributed by atoms with van der Waals surface area (Å²) >= 11 is 0. The minimum Gasteiger partial charge on any atom is -0.508 e. The molecule has 0 spiro atoms. The molecular formula is C69H111N19O14. The van der Waals surface area contributed by atoms with Crippen molar-refractivity contribution in [3.63, 3.8) is 0 Å². The van der Waals surface area contributed by atoms with Gasteiger partial charge < -0.3 is 103 Å². The Morgan fingerprint density at radius 2 is 0.980 bits per heavy atom. The lowest BCUT2D eigenvalue weighted by molar-refractivity contribution is -0.134. The van der Waals surface area contributed by atoms with Crippen molar-refractivity contribution < 1.29 is 67.4 Å². The molecule has 13 amide bonds. The lowest BCUT2D eigenvalue weighted by Crippen LogP contribution is -2.56. The molecule has 0 radical (unpaired) electrons. The molecule has 566 valence electrons. The van der Waals surface area contributed by atoms with Crippen LogP contribution in [0.25, 0.3) is 10.9 Å². The highest BCUT2D eigenvalue weighted by Gasteiger charge is 2.31. The maximum absolute atomic E-state index is 14.0. The number of amides is 13. The molecule has 1 heterocycles. The van der Waals surface area contributed by atoms with Gasteiger partial charge in [0, 0.05) is 69.0 Å². The molecule has 0 unspecified atom stereocenters. The summed E-state index contributed by atoms with van der Waals surface area (Å²) in [5.74, 6) is -7.60. The Bertz CT molecular complexity index is 3230. The summed E-state index contributed by atoms with van der Waals surface area (Å²) in [4.78, 5) is 176. The van der Waals surface area contributed by atoms with Gasteiger partial charge in [0.25, 0.3) is 0 Å². The van der Waals surface area contributed by atoms with Gasteiger partial charge in [-0.25, -0.2) is 0 Å². The topological polar surface area (TPSA) is 545 Å².